The van der Waals surface area contributed by atoms with Crippen molar-refractivity contribution >= 4 is 22.5 Å². The third-order valence-electron chi connectivity index (χ3n) is 3.41. The summed E-state index contributed by atoms with van der Waals surface area (Å²) in [6.45, 7) is -2.99. The highest BCUT2D eigenvalue weighted by Gasteiger charge is 2.14. The van der Waals surface area contributed by atoms with Crippen molar-refractivity contribution in [2.45, 2.75) is 6.61 Å². The first-order valence-corrected chi connectivity index (χ1v) is 7.09. The number of aromatic amines is 1. The minimum atomic E-state index is -2.99. The number of aromatic nitrogens is 1. The third-order valence-corrected chi connectivity index (χ3v) is 3.41. The van der Waals surface area contributed by atoms with Crippen LogP contribution in [0, 0.1) is 0 Å². The van der Waals surface area contributed by atoms with E-state index in [1.54, 1.807) is 6.07 Å². The average molecular weight is 332 g/mol. The van der Waals surface area contributed by atoms with Gasteiger partial charge in [-0.1, -0.05) is 18.2 Å². The standard InChI is InChI=1S/C17H14F2N2O3/c1-23-14-7-6-11(9-15(14)24-17(18)19)20-16(22)13-8-10-4-2-3-5-12(10)21-13/h2-9,17,21H,1H3,(H,20,22). The van der Waals surface area contributed by atoms with Crippen molar-refractivity contribution in [2.24, 2.45) is 0 Å². The van der Waals surface area contributed by atoms with E-state index in [-0.39, 0.29) is 17.4 Å². The number of para-hydroxylation sites is 1. The van der Waals surface area contributed by atoms with E-state index in [1.807, 2.05) is 24.3 Å². The summed E-state index contributed by atoms with van der Waals surface area (Å²) in [7, 11) is 1.34. The third kappa shape index (κ3) is 3.29. The summed E-state index contributed by atoms with van der Waals surface area (Å²) >= 11 is 0. The van der Waals surface area contributed by atoms with Gasteiger partial charge in [-0.25, -0.2) is 0 Å². The van der Waals surface area contributed by atoms with Crippen LogP contribution in [0.4, 0.5) is 14.5 Å². The van der Waals surface area contributed by atoms with Gasteiger partial charge >= 0.3 is 6.61 Å². The van der Waals surface area contributed by atoms with Gasteiger partial charge in [0, 0.05) is 22.7 Å². The Morgan fingerprint density at radius 1 is 1.12 bits per heavy atom. The molecule has 2 N–H and O–H groups in total. The van der Waals surface area contributed by atoms with Crippen LogP contribution in [-0.4, -0.2) is 24.6 Å². The predicted octanol–water partition coefficient (Wildman–Crippen LogP) is 4.03. The number of carbonyl (C=O) groups excluding carboxylic acids is 1. The molecule has 1 heterocycles. The zero-order valence-electron chi connectivity index (χ0n) is 12.7. The molecule has 0 spiro atoms. The largest absolute Gasteiger partial charge is 0.493 e. The zero-order valence-corrected chi connectivity index (χ0v) is 12.7. The summed E-state index contributed by atoms with van der Waals surface area (Å²) in [6.07, 6.45) is 0. The summed E-state index contributed by atoms with van der Waals surface area (Å²) in [5.41, 5.74) is 1.51. The summed E-state index contributed by atoms with van der Waals surface area (Å²) in [5.74, 6) is -0.389. The number of methoxy groups -OCH3 is 1. The minimum Gasteiger partial charge on any atom is -0.493 e. The Kier molecular flexibility index (Phi) is 4.33. The van der Waals surface area contributed by atoms with Crippen LogP contribution < -0.4 is 14.8 Å². The summed E-state index contributed by atoms with van der Waals surface area (Å²) in [4.78, 5) is 15.3. The molecule has 0 aliphatic carbocycles. The maximum Gasteiger partial charge on any atom is 0.387 e. The molecule has 0 bridgehead atoms. The Morgan fingerprint density at radius 3 is 2.62 bits per heavy atom. The van der Waals surface area contributed by atoms with Crippen LogP contribution in [0.1, 0.15) is 10.5 Å². The lowest BCUT2D eigenvalue weighted by molar-refractivity contribution is -0.0511. The SMILES string of the molecule is COc1ccc(NC(=O)c2cc3ccccc3[nH]2)cc1OC(F)F. The van der Waals surface area contributed by atoms with E-state index in [2.05, 4.69) is 15.0 Å². The molecule has 0 unspecified atom stereocenters. The van der Waals surface area contributed by atoms with E-state index in [0.717, 1.165) is 10.9 Å². The van der Waals surface area contributed by atoms with E-state index in [1.165, 1.54) is 25.3 Å². The van der Waals surface area contributed by atoms with Crippen LogP contribution in [-0.2, 0) is 0 Å². The molecule has 2 aromatic carbocycles. The molecule has 0 radical (unpaired) electrons. The van der Waals surface area contributed by atoms with Gasteiger partial charge in [-0.05, 0) is 24.3 Å². The number of amides is 1. The molecule has 1 amide bonds. The molecule has 124 valence electrons. The number of alkyl halides is 2. The Bertz CT molecular complexity index is 844. The number of benzene rings is 2. The number of hydrogen-bond acceptors (Lipinski definition) is 3. The first-order chi connectivity index (χ1) is 11.6. The van der Waals surface area contributed by atoms with Gasteiger partial charge in [0.15, 0.2) is 11.5 Å². The highest BCUT2D eigenvalue weighted by molar-refractivity contribution is 6.06. The first-order valence-electron chi connectivity index (χ1n) is 7.09. The lowest BCUT2D eigenvalue weighted by atomic mass is 10.2. The Hall–Kier alpha value is -3.09. The molecule has 7 heteroatoms. The molecule has 1 aromatic heterocycles. The summed E-state index contributed by atoms with van der Waals surface area (Å²) in [6, 6.07) is 13.4. The normalized spacial score (nSPS) is 10.8. The van der Waals surface area contributed by atoms with Crippen molar-refractivity contribution in [1.82, 2.24) is 4.98 Å². The first kappa shape index (κ1) is 15.8. The second kappa shape index (κ2) is 6.57. The number of carbonyl (C=O) groups is 1. The van der Waals surface area contributed by atoms with Gasteiger partial charge in [0.2, 0.25) is 0 Å². The monoisotopic (exact) mass is 332 g/mol. The summed E-state index contributed by atoms with van der Waals surface area (Å²) in [5, 5.41) is 3.54. The molecule has 0 saturated carbocycles. The van der Waals surface area contributed by atoms with Gasteiger partial charge in [0.1, 0.15) is 5.69 Å². The minimum absolute atomic E-state index is 0.151. The highest BCUT2D eigenvalue weighted by Crippen LogP contribution is 2.31. The number of H-pyrrole nitrogens is 1. The number of halogens is 2. The molecule has 0 atom stereocenters. The number of anilines is 1. The van der Waals surface area contributed by atoms with Gasteiger partial charge in [0.05, 0.1) is 7.11 Å². The predicted molar refractivity (Wildman–Crippen MR) is 85.9 cm³/mol. The topological polar surface area (TPSA) is 63.3 Å². The average Bonchev–Trinajstić information content (AvgIpc) is 2.99. The van der Waals surface area contributed by atoms with Crippen molar-refractivity contribution in [3.8, 4) is 11.5 Å². The van der Waals surface area contributed by atoms with E-state index < -0.39 is 6.61 Å². The van der Waals surface area contributed by atoms with Gasteiger partial charge in [0.25, 0.3) is 5.91 Å². The molecule has 24 heavy (non-hydrogen) atoms. The van der Waals surface area contributed by atoms with Crippen molar-refractivity contribution in [1.29, 1.82) is 0 Å². The van der Waals surface area contributed by atoms with Crippen LogP contribution in [0.15, 0.2) is 48.5 Å². The second-order valence-corrected chi connectivity index (χ2v) is 4.97. The number of ether oxygens (including phenoxy) is 2. The lowest BCUT2D eigenvalue weighted by Crippen LogP contribution is -2.12. The fraction of sp³-hybridized carbons (Fsp3) is 0.118. The number of hydrogen-bond donors (Lipinski definition) is 2. The van der Waals surface area contributed by atoms with Crippen LogP contribution in [0.25, 0.3) is 10.9 Å². The number of fused-ring (bicyclic) bond motifs is 1. The number of nitrogens with one attached hydrogen (secondary N) is 2. The quantitative estimate of drug-likeness (QED) is 0.741. The van der Waals surface area contributed by atoms with Gasteiger partial charge in [-0.3, -0.25) is 4.79 Å². The van der Waals surface area contributed by atoms with E-state index >= 15 is 0 Å². The Labute approximate surface area is 136 Å². The van der Waals surface area contributed by atoms with Crippen LogP contribution in [0.2, 0.25) is 0 Å². The fourth-order valence-corrected chi connectivity index (χ4v) is 2.34. The van der Waals surface area contributed by atoms with Crippen molar-refractivity contribution in [3.63, 3.8) is 0 Å². The molecular weight excluding hydrogens is 318 g/mol. The molecule has 3 aromatic rings. The Balaban J connectivity index is 1.83. The van der Waals surface area contributed by atoms with Gasteiger partial charge in [-0.15, -0.1) is 0 Å². The molecule has 5 nitrogen and oxygen atoms in total. The maximum atomic E-state index is 12.4. The maximum absolute atomic E-state index is 12.4. The highest BCUT2D eigenvalue weighted by atomic mass is 19.3. The summed E-state index contributed by atoms with van der Waals surface area (Å²) < 4.78 is 34.2. The van der Waals surface area contributed by atoms with Gasteiger partial charge in [-0.2, -0.15) is 8.78 Å². The van der Waals surface area contributed by atoms with E-state index in [9.17, 15) is 13.6 Å². The number of rotatable bonds is 5. The molecular formula is C17H14F2N2O3. The second-order valence-electron chi connectivity index (χ2n) is 4.97. The molecule has 0 aliphatic rings. The van der Waals surface area contributed by atoms with Crippen molar-refractivity contribution < 1.29 is 23.0 Å². The molecule has 0 saturated heterocycles. The smallest absolute Gasteiger partial charge is 0.387 e. The molecule has 3 rings (SSSR count). The molecule has 0 fully saturated rings. The zero-order chi connectivity index (χ0) is 17.1. The molecule has 0 aliphatic heterocycles. The van der Waals surface area contributed by atoms with Gasteiger partial charge < -0.3 is 19.8 Å². The van der Waals surface area contributed by atoms with Crippen LogP contribution in [0.3, 0.4) is 0 Å². The van der Waals surface area contributed by atoms with Crippen LogP contribution in [0.5, 0.6) is 11.5 Å². The van der Waals surface area contributed by atoms with E-state index in [0.29, 0.717) is 11.4 Å². The fourth-order valence-electron chi connectivity index (χ4n) is 2.34. The lowest BCUT2D eigenvalue weighted by Gasteiger charge is -2.12. The Morgan fingerprint density at radius 2 is 1.92 bits per heavy atom. The van der Waals surface area contributed by atoms with Crippen molar-refractivity contribution in [2.75, 3.05) is 12.4 Å². The van der Waals surface area contributed by atoms with Crippen LogP contribution >= 0.6 is 0 Å². The van der Waals surface area contributed by atoms with Crippen molar-refractivity contribution in [3.05, 3.63) is 54.2 Å². The van der Waals surface area contributed by atoms with E-state index in [4.69, 9.17) is 4.74 Å².